The van der Waals surface area contributed by atoms with E-state index in [-0.39, 0.29) is 23.5 Å². The van der Waals surface area contributed by atoms with Crippen molar-refractivity contribution in [1.82, 2.24) is 0 Å². The Hall–Kier alpha value is -2.44. The molecule has 0 saturated heterocycles. The van der Waals surface area contributed by atoms with Crippen LogP contribution in [0, 0.1) is 23.7 Å². The van der Waals surface area contributed by atoms with Gasteiger partial charge in [0.05, 0.1) is 11.8 Å². The van der Waals surface area contributed by atoms with E-state index < -0.39 is 24.4 Å². The van der Waals surface area contributed by atoms with Gasteiger partial charge in [-0.1, -0.05) is 12.2 Å². The number of carbonyl (C=O) groups excluding carboxylic acids is 1. The van der Waals surface area contributed by atoms with E-state index in [1.54, 1.807) is 0 Å². The third-order valence-corrected chi connectivity index (χ3v) is 4.39. The first-order chi connectivity index (χ1) is 11.0. The largest absolute Gasteiger partial charge is 0.481 e. The van der Waals surface area contributed by atoms with Gasteiger partial charge in [0.1, 0.15) is 5.75 Å². The van der Waals surface area contributed by atoms with E-state index in [2.05, 4.69) is 10.1 Å². The lowest BCUT2D eigenvalue weighted by Gasteiger charge is -2.23. The van der Waals surface area contributed by atoms with Crippen molar-refractivity contribution < 1.29 is 28.2 Å². The third-order valence-electron chi connectivity index (χ3n) is 4.39. The Morgan fingerprint density at radius 3 is 2.30 bits per heavy atom. The van der Waals surface area contributed by atoms with Crippen LogP contribution in [0.15, 0.2) is 36.4 Å². The fourth-order valence-corrected chi connectivity index (χ4v) is 3.46. The van der Waals surface area contributed by atoms with Crippen LogP contribution < -0.4 is 10.1 Å². The highest BCUT2D eigenvalue weighted by molar-refractivity contribution is 5.96. The quantitative estimate of drug-likeness (QED) is 0.817. The van der Waals surface area contributed by atoms with E-state index in [0.717, 1.165) is 0 Å². The maximum absolute atomic E-state index is 12.4. The van der Waals surface area contributed by atoms with Gasteiger partial charge in [0.15, 0.2) is 0 Å². The predicted octanol–water partition coefficient (Wildman–Crippen LogP) is 2.75. The van der Waals surface area contributed by atoms with E-state index in [9.17, 15) is 23.5 Å². The molecule has 1 aromatic carbocycles. The van der Waals surface area contributed by atoms with Crippen LogP contribution in [-0.2, 0) is 9.59 Å². The fourth-order valence-electron chi connectivity index (χ4n) is 3.46. The number of carboxylic acid groups (broad SMARTS) is 1. The highest BCUT2D eigenvalue weighted by Crippen LogP contribution is 2.48. The number of carbonyl (C=O) groups is 2. The van der Waals surface area contributed by atoms with Crippen molar-refractivity contribution in [1.29, 1.82) is 0 Å². The van der Waals surface area contributed by atoms with Gasteiger partial charge in [0.2, 0.25) is 5.91 Å². The van der Waals surface area contributed by atoms with Crippen LogP contribution in [0.1, 0.15) is 6.42 Å². The molecule has 0 spiro atoms. The van der Waals surface area contributed by atoms with Crippen molar-refractivity contribution in [3.8, 4) is 5.75 Å². The summed E-state index contributed by atoms with van der Waals surface area (Å²) in [4.78, 5) is 23.8. The summed E-state index contributed by atoms with van der Waals surface area (Å²) in [7, 11) is 0. The standard InChI is InChI=1S/C16H15F2NO4/c17-16(18)23-11-5-3-10(4-6-11)19-14(20)12-8-1-2-9(7-8)13(12)15(21)22/h1-6,8-9,12-13,16H,7H2,(H,19,20)(H,21,22)/t8-,9-,12+,13-/m0/s1. The van der Waals surface area contributed by atoms with Gasteiger partial charge in [-0.2, -0.15) is 8.78 Å². The van der Waals surface area contributed by atoms with Gasteiger partial charge >= 0.3 is 12.6 Å². The van der Waals surface area contributed by atoms with Gasteiger partial charge in [0, 0.05) is 5.69 Å². The highest BCUT2D eigenvalue weighted by atomic mass is 19.3. The van der Waals surface area contributed by atoms with Crippen LogP contribution in [0.3, 0.4) is 0 Å². The molecule has 7 heteroatoms. The molecule has 4 atom stereocenters. The van der Waals surface area contributed by atoms with Crippen molar-refractivity contribution in [2.24, 2.45) is 23.7 Å². The van der Waals surface area contributed by atoms with Crippen molar-refractivity contribution >= 4 is 17.6 Å². The number of anilines is 1. The molecule has 3 rings (SSSR count). The van der Waals surface area contributed by atoms with Crippen molar-refractivity contribution in [2.45, 2.75) is 13.0 Å². The van der Waals surface area contributed by atoms with Gasteiger partial charge < -0.3 is 15.2 Å². The topological polar surface area (TPSA) is 75.6 Å². The summed E-state index contributed by atoms with van der Waals surface area (Å²) in [5, 5.41) is 12.0. The van der Waals surface area contributed by atoms with Crippen molar-refractivity contribution in [3.63, 3.8) is 0 Å². The number of aliphatic carboxylic acids is 1. The molecule has 23 heavy (non-hydrogen) atoms. The van der Waals surface area contributed by atoms with Gasteiger partial charge in [-0.3, -0.25) is 9.59 Å². The molecular weight excluding hydrogens is 308 g/mol. The number of amides is 1. The Balaban J connectivity index is 1.69. The molecule has 0 aliphatic heterocycles. The summed E-state index contributed by atoms with van der Waals surface area (Å²) in [6.45, 7) is -2.91. The number of nitrogens with one attached hydrogen (secondary N) is 1. The normalized spacial score (nSPS) is 28.1. The Kier molecular flexibility index (Phi) is 4.02. The molecule has 0 heterocycles. The Labute approximate surface area is 130 Å². The lowest BCUT2D eigenvalue weighted by molar-refractivity contribution is -0.146. The maximum Gasteiger partial charge on any atom is 0.387 e. The maximum atomic E-state index is 12.4. The summed E-state index contributed by atoms with van der Waals surface area (Å²) in [5.41, 5.74) is 0.410. The van der Waals surface area contributed by atoms with Crippen LogP contribution in [0.25, 0.3) is 0 Å². The summed E-state index contributed by atoms with van der Waals surface area (Å²) < 4.78 is 28.4. The lowest BCUT2D eigenvalue weighted by Crippen LogP contribution is -2.36. The average Bonchev–Trinajstić information content (AvgIpc) is 3.09. The van der Waals surface area contributed by atoms with Gasteiger partial charge in [-0.05, 0) is 42.5 Å². The molecule has 1 fully saturated rings. The molecule has 0 aromatic heterocycles. The molecular formula is C16H15F2NO4. The molecule has 0 radical (unpaired) electrons. The van der Waals surface area contributed by atoms with E-state index in [1.807, 2.05) is 12.2 Å². The number of hydrogen-bond acceptors (Lipinski definition) is 3. The second-order valence-corrected chi connectivity index (χ2v) is 5.73. The van der Waals surface area contributed by atoms with E-state index in [4.69, 9.17) is 0 Å². The van der Waals surface area contributed by atoms with Crippen LogP contribution in [-0.4, -0.2) is 23.6 Å². The Bertz CT molecular complexity index is 644. The predicted molar refractivity (Wildman–Crippen MR) is 77.1 cm³/mol. The van der Waals surface area contributed by atoms with E-state index in [0.29, 0.717) is 12.1 Å². The zero-order chi connectivity index (χ0) is 16.6. The number of allylic oxidation sites excluding steroid dienone is 2. The van der Waals surface area contributed by atoms with Crippen LogP contribution in [0.2, 0.25) is 0 Å². The molecule has 2 N–H and O–H groups in total. The van der Waals surface area contributed by atoms with Gasteiger partial charge in [-0.25, -0.2) is 0 Å². The molecule has 0 unspecified atom stereocenters. The molecule has 1 amide bonds. The number of halogens is 2. The number of fused-ring (bicyclic) bond motifs is 2. The first kappa shape index (κ1) is 15.5. The molecule has 2 aliphatic carbocycles. The van der Waals surface area contributed by atoms with Crippen molar-refractivity contribution in [3.05, 3.63) is 36.4 Å². The zero-order valence-electron chi connectivity index (χ0n) is 12.0. The summed E-state index contributed by atoms with van der Waals surface area (Å²) >= 11 is 0. The van der Waals surface area contributed by atoms with Gasteiger partial charge in [0.25, 0.3) is 0 Å². The van der Waals surface area contributed by atoms with Crippen LogP contribution in [0.5, 0.6) is 5.75 Å². The molecule has 122 valence electrons. The summed E-state index contributed by atoms with van der Waals surface area (Å²) in [5.74, 6) is -2.84. The molecule has 1 aromatic rings. The third kappa shape index (κ3) is 3.04. The summed E-state index contributed by atoms with van der Waals surface area (Å²) in [6.07, 6.45) is 4.44. The minimum absolute atomic E-state index is 0.00994. The minimum Gasteiger partial charge on any atom is -0.481 e. The summed E-state index contributed by atoms with van der Waals surface area (Å²) in [6, 6.07) is 5.51. The lowest BCUT2D eigenvalue weighted by atomic mass is 9.82. The Morgan fingerprint density at radius 2 is 1.74 bits per heavy atom. The smallest absolute Gasteiger partial charge is 0.387 e. The second-order valence-electron chi connectivity index (χ2n) is 5.73. The second kappa shape index (κ2) is 5.98. The number of carboxylic acids is 1. The van der Waals surface area contributed by atoms with Crippen molar-refractivity contribution in [2.75, 3.05) is 5.32 Å². The van der Waals surface area contributed by atoms with Gasteiger partial charge in [-0.15, -0.1) is 0 Å². The first-order valence-electron chi connectivity index (χ1n) is 7.22. The average molecular weight is 323 g/mol. The Morgan fingerprint density at radius 1 is 1.13 bits per heavy atom. The highest BCUT2D eigenvalue weighted by Gasteiger charge is 2.51. The SMILES string of the molecule is O=C(O)[C@@H]1[C@H](C(=O)Nc2ccc(OC(F)F)cc2)[C@H]2C=C[C@H]1C2. The molecule has 5 nitrogen and oxygen atoms in total. The molecule has 2 bridgehead atoms. The number of hydrogen-bond donors (Lipinski definition) is 2. The minimum atomic E-state index is -2.91. The number of ether oxygens (including phenoxy) is 1. The van der Waals surface area contributed by atoms with E-state index in [1.165, 1.54) is 24.3 Å². The monoisotopic (exact) mass is 323 g/mol. The zero-order valence-corrected chi connectivity index (χ0v) is 12.0. The van der Waals surface area contributed by atoms with Crippen LogP contribution >= 0.6 is 0 Å². The number of alkyl halides is 2. The number of benzene rings is 1. The molecule has 1 saturated carbocycles. The number of rotatable bonds is 5. The van der Waals surface area contributed by atoms with E-state index >= 15 is 0 Å². The first-order valence-corrected chi connectivity index (χ1v) is 7.22. The van der Waals surface area contributed by atoms with Crippen LogP contribution in [0.4, 0.5) is 14.5 Å². The fraction of sp³-hybridized carbons (Fsp3) is 0.375. The molecule has 2 aliphatic rings.